The van der Waals surface area contributed by atoms with Gasteiger partial charge in [0, 0.05) is 18.6 Å². The Morgan fingerprint density at radius 1 is 1.19 bits per heavy atom. The molecule has 2 saturated heterocycles. The van der Waals surface area contributed by atoms with Gasteiger partial charge in [0.25, 0.3) is 0 Å². The van der Waals surface area contributed by atoms with Gasteiger partial charge in [-0.3, -0.25) is 9.21 Å². The van der Waals surface area contributed by atoms with Crippen LogP contribution in [-0.2, 0) is 0 Å². The van der Waals surface area contributed by atoms with E-state index in [0.717, 1.165) is 19.5 Å². The summed E-state index contributed by atoms with van der Waals surface area (Å²) in [5.74, 6) is 0. The molecule has 16 heavy (non-hydrogen) atoms. The predicted octanol–water partition coefficient (Wildman–Crippen LogP) is 2.11. The minimum Gasteiger partial charge on any atom is -0.297 e. The Morgan fingerprint density at radius 3 is 2.31 bits per heavy atom. The van der Waals surface area contributed by atoms with Crippen LogP contribution in [-0.4, -0.2) is 47.2 Å². The van der Waals surface area contributed by atoms with E-state index in [1.807, 2.05) is 11.9 Å². The number of likely N-dealkylation sites (tertiary alicyclic amines) is 1. The molecule has 0 spiro atoms. The summed E-state index contributed by atoms with van der Waals surface area (Å²) in [6, 6.07) is 2.42. The Morgan fingerprint density at radius 2 is 1.81 bits per heavy atom. The van der Waals surface area contributed by atoms with E-state index >= 15 is 0 Å². The molecule has 0 saturated carbocycles. The quantitative estimate of drug-likeness (QED) is 0.706. The predicted molar refractivity (Wildman–Crippen MR) is 68.1 cm³/mol. The van der Waals surface area contributed by atoms with Crippen LogP contribution in [0.4, 0.5) is 0 Å². The molecule has 2 fully saturated rings. The van der Waals surface area contributed by atoms with Crippen molar-refractivity contribution < 1.29 is 0 Å². The van der Waals surface area contributed by atoms with Crippen molar-refractivity contribution in [2.75, 3.05) is 32.4 Å². The standard InChI is InChI=1S/C12H21N3S/c1-16-15-10-5-12(4-7-13,6-11-15)14-8-2-3-9-14/h2-6,8-11H2,1H3. The van der Waals surface area contributed by atoms with Gasteiger partial charge in [-0.15, -0.1) is 0 Å². The zero-order chi connectivity index (χ0) is 11.4. The highest BCUT2D eigenvalue weighted by atomic mass is 32.2. The molecule has 90 valence electrons. The molecule has 0 aliphatic carbocycles. The van der Waals surface area contributed by atoms with Crippen molar-refractivity contribution in [1.29, 1.82) is 5.26 Å². The van der Waals surface area contributed by atoms with Gasteiger partial charge in [0.15, 0.2) is 0 Å². The van der Waals surface area contributed by atoms with Crippen molar-refractivity contribution in [1.82, 2.24) is 9.21 Å². The molecule has 0 atom stereocenters. The number of hydrogen-bond donors (Lipinski definition) is 0. The smallest absolute Gasteiger partial charge is 0.0641 e. The number of piperidine rings is 1. The topological polar surface area (TPSA) is 30.3 Å². The van der Waals surface area contributed by atoms with Gasteiger partial charge < -0.3 is 0 Å². The van der Waals surface area contributed by atoms with E-state index < -0.39 is 0 Å². The summed E-state index contributed by atoms with van der Waals surface area (Å²) in [5, 5.41) is 9.07. The first kappa shape index (κ1) is 12.2. The van der Waals surface area contributed by atoms with Gasteiger partial charge in [0.2, 0.25) is 0 Å². The van der Waals surface area contributed by atoms with Crippen molar-refractivity contribution in [2.45, 2.75) is 37.6 Å². The Bertz CT molecular complexity index is 260. The highest BCUT2D eigenvalue weighted by molar-refractivity contribution is 7.96. The molecule has 0 amide bonds. The average molecular weight is 239 g/mol. The molecule has 3 nitrogen and oxygen atoms in total. The summed E-state index contributed by atoms with van der Waals surface area (Å²) >= 11 is 1.84. The van der Waals surface area contributed by atoms with Gasteiger partial charge in [-0.2, -0.15) is 5.26 Å². The van der Waals surface area contributed by atoms with Crippen molar-refractivity contribution in [3.05, 3.63) is 0 Å². The lowest BCUT2D eigenvalue weighted by Gasteiger charge is -2.46. The lowest BCUT2D eigenvalue weighted by molar-refractivity contribution is 0.0663. The van der Waals surface area contributed by atoms with Crippen LogP contribution in [0.2, 0.25) is 0 Å². The first-order chi connectivity index (χ1) is 7.80. The third-order valence-corrected chi connectivity index (χ3v) is 4.98. The van der Waals surface area contributed by atoms with Crippen molar-refractivity contribution in [3.63, 3.8) is 0 Å². The largest absolute Gasteiger partial charge is 0.297 e. The zero-order valence-corrected chi connectivity index (χ0v) is 10.9. The van der Waals surface area contributed by atoms with Crippen LogP contribution >= 0.6 is 11.9 Å². The van der Waals surface area contributed by atoms with Gasteiger partial charge in [-0.05, 0) is 45.0 Å². The SMILES string of the molecule is CSN1CCC(CC#N)(N2CCCC2)CC1. The van der Waals surface area contributed by atoms with Crippen LogP contribution in [0.5, 0.6) is 0 Å². The van der Waals surface area contributed by atoms with Crippen LogP contribution in [0.25, 0.3) is 0 Å². The zero-order valence-electron chi connectivity index (χ0n) is 10.1. The van der Waals surface area contributed by atoms with E-state index in [9.17, 15) is 0 Å². The van der Waals surface area contributed by atoms with Crippen molar-refractivity contribution >= 4 is 11.9 Å². The third-order valence-electron chi connectivity index (χ3n) is 4.10. The second kappa shape index (κ2) is 5.39. The average Bonchev–Trinajstić information content (AvgIpc) is 2.84. The van der Waals surface area contributed by atoms with Gasteiger partial charge >= 0.3 is 0 Å². The minimum absolute atomic E-state index is 0.206. The van der Waals surface area contributed by atoms with Crippen molar-refractivity contribution in [3.8, 4) is 6.07 Å². The molecular weight excluding hydrogens is 218 g/mol. The molecule has 2 aliphatic rings. The molecule has 2 heterocycles. The molecule has 0 N–H and O–H groups in total. The highest BCUT2D eigenvalue weighted by Gasteiger charge is 2.40. The first-order valence-electron chi connectivity index (χ1n) is 6.22. The van der Waals surface area contributed by atoms with Crippen LogP contribution in [0.1, 0.15) is 32.1 Å². The molecule has 0 aromatic carbocycles. The van der Waals surface area contributed by atoms with Gasteiger partial charge in [-0.25, -0.2) is 0 Å². The number of hydrogen-bond acceptors (Lipinski definition) is 4. The fourth-order valence-electron chi connectivity index (χ4n) is 3.03. The van der Waals surface area contributed by atoms with Crippen LogP contribution in [0.3, 0.4) is 0 Å². The summed E-state index contributed by atoms with van der Waals surface area (Å²) in [7, 11) is 0. The summed E-state index contributed by atoms with van der Waals surface area (Å²) in [5.41, 5.74) is 0.206. The molecule has 0 aromatic rings. The second-order valence-electron chi connectivity index (χ2n) is 4.86. The molecule has 2 aliphatic heterocycles. The van der Waals surface area contributed by atoms with Gasteiger partial charge in [0.05, 0.1) is 12.5 Å². The Labute approximate surface area is 103 Å². The van der Waals surface area contributed by atoms with E-state index in [1.54, 1.807) is 0 Å². The number of rotatable bonds is 3. The van der Waals surface area contributed by atoms with E-state index in [1.165, 1.54) is 38.8 Å². The van der Waals surface area contributed by atoms with Crippen LogP contribution < -0.4 is 0 Å². The Balaban J connectivity index is 2.02. The molecule has 0 unspecified atom stereocenters. The normalized spacial score (nSPS) is 26.8. The van der Waals surface area contributed by atoms with E-state index in [0.29, 0.717) is 0 Å². The van der Waals surface area contributed by atoms with Gasteiger partial charge in [-0.1, -0.05) is 11.9 Å². The van der Waals surface area contributed by atoms with E-state index in [4.69, 9.17) is 5.26 Å². The second-order valence-corrected chi connectivity index (χ2v) is 5.75. The summed E-state index contributed by atoms with van der Waals surface area (Å²) in [6.45, 7) is 4.70. The molecule has 2 rings (SSSR count). The maximum atomic E-state index is 9.07. The summed E-state index contributed by atoms with van der Waals surface area (Å²) in [6.07, 6.45) is 7.84. The van der Waals surface area contributed by atoms with E-state index in [2.05, 4.69) is 21.5 Å². The lowest BCUT2D eigenvalue weighted by atomic mass is 9.84. The monoisotopic (exact) mass is 239 g/mol. The minimum atomic E-state index is 0.206. The molecule has 4 heteroatoms. The highest BCUT2D eigenvalue weighted by Crippen LogP contribution is 2.35. The fourth-order valence-corrected chi connectivity index (χ4v) is 3.58. The van der Waals surface area contributed by atoms with Crippen LogP contribution in [0, 0.1) is 11.3 Å². The lowest BCUT2D eigenvalue weighted by Crippen LogP contribution is -2.53. The molecule has 0 bridgehead atoms. The summed E-state index contributed by atoms with van der Waals surface area (Å²) in [4.78, 5) is 2.59. The third kappa shape index (κ3) is 2.37. The maximum absolute atomic E-state index is 9.07. The molecule has 0 radical (unpaired) electrons. The number of nitrogens with zero attached hydrogens (tertiary/aromatic N) is 3. The van der Waals surface area contributed by atoms with Crippen molar-refractivity contribution in [2.24, 2.45) is 0 Å². The van der Waals surface area contributed by atoms with Gasteiger partial charge in [0.1, 0.15) is 0 Å². The van der Waals surface area contributed by atoms with E-state index in [-0.39, 0.29) is 5.54 Å². The first-order valence-corrected chi connectivity index (χ1v) is 7.40. The molecule has 0 aromatic heterocycles. The Hall–Kier alpha value is -0.240. The molecular formula is C12H21N3S. The van der Waals surface area contributed by atoms with Crippen LogP contribution in [0.15, 0.2) is 0 Å². The summed E-state index contributed by atoms with van der Waals surface area (Å²) < 4.78 is 2.42. The fraction of sp³-hybridized carbons (Fsp3) is 0.917. The maximum Gasteiger partial charge on any atom is 0.0641 e. The number of nitriles is 1. The Kier molecular flexibility index (Phi) is 4.12.